The number of nitrogens with zero attached hydrogens (tertiary/aromatic N) is 1. The van der Waals surface area contributed by atoms with Gasteiger partial charge in [-0.05, 0) is 13.8 Å². The summed E-state index contributed by atoms with van der Waals surface area (Å²) in [6.07, 6.45) is 0. The predicted molar refractivity (Wildman–Crippen MR) is 44.4 cm³/mol. The van der Waals surface area contributed by atoms with Crippen molar-refractivity contribution in [3.8, 4) is 0 Å². The summed E-state index contributed by atoms with van der Waals surface area (Å²) in [4.78, 5) is 10.8. The topological polar surface area (TPSA) is 81.8 Å². The molecule has 0 fully saturated rings. The maximum Gasteiger partial charge on any atom is 0.315 e. The van der Waals surface area contributed by atoms with Gasteiger partial charge in [-0.25, -0.2) is 5.21 Å². The molecule has 0 atom stereocenters. The second-order valence-corrected chi connectivity index (χ2v) is 3.36. The van der Waals surface area contributed by atoms with E-state index < -0.39 is 11.4 Å². The third kappa shape index (κ3) is 1.25. The lowest BCUT2D eigenvalue weighted by Gasteiger charge is -2.14. The molecule has 5 nitrogen and oxygen atoms in total. The predicted octanol–water partition coefficient (Wildman–Crippen LogP) is 0.829. The van der Waals surface area contributed by atoms with Gasteiger partial charge in [0.2, 0.25) is 0 Å². The number of rotatable bonds is 2. The summed E-state index contributed by atoms with van der Waals surface area (Å²) in [5, 5.41) is 17.5. The Hall–Kier alpha value is -1.17. The van der Waals surface area contributed by atoms with Gasteiger partial charge in [-0.15, -0.1) is 0 Å². The Kier molecular flexibility index (Phi) is 2.01. The van der Waals surface area contributed by atoms with Crippen molar-refractivity contribution < 1.29 is 9.90 Å². The van der Waals surface area contributed by atoms with E-state index in [2.05, 4.69) is 15.4 Å². The molecule has 1 heterocycles. The van der Waals surface area contributed by atoms with Crippen LogP contribution in [0.3, 0.4) is 0 Å². The van der Waals surface area contributed by atoms with Crippen LogP contribution in [0.1, 0.15) is 19.5 Å². The molecule has 0 aliphatic carbocycles. The van der Waals surface area contributed by atoms with Gasteiger partial charge in [0, 0.05) is 0 Å². The molecule has 0 saturated heterocycles. The van der Waals surface area contributed by atoms with Crippen LogP contribution >= 0.6 is 12.2 Å². The zero-order valence-corrected chi connectivity index (χ0v) is 7.53. The molecule has 0 amide bonds. The van der Waals surface area contributed by atoms with Gasteiger partial charge in [0.1, 0.15) is 15.7 Å². The Bertz CT molecular complexity index is 352. The van der Waals surface area contributed by atoms with E-state index in [-0.39, 0.29) is 0 Å². The number of carboxylic acid groups (broad SMARTS) is 1. The summed E-state index contributed by atoms with van der Waals surface area (Å²) >= 11 is 4.84. The minimum atomic E-state index is -1.05. The smallest absolute Gasteiger partial charge is 0.315 e. The number of hydrogen-bond acceptors (Lipinski definition) is 3. The normalized spacial score (nSPS) is 11.5. The van der Waals surface area contributed by atoms with Gasteiger partial charge >= 0.3 is 5.97 Å². The first-order valence-corrected chi connectivity index (χ1v) is 3.74. The van der Waals surface area contributed by atoms with Crippen molar-refractivity contribution in [2.75, 3.05) is 0 Å². The fraction of sp³-hybridized carbons (Fsp3) is 0.500. The molecular weight excluding hydrogens is 178 g/mol. The molecule has 0 aliphatic heterocycles. The van der Waals surface area contributed by atoms with Gasteiger partial charge in [0.25, 0.3) is 0 Å². The van der Waals surface area contributed by atoms with Gasteiger partial charge in [0.15, 0.2) is 0 Å². The van der Waals surface area contributed by atoms with E-state index in [1.165, 1.54) is 0 Å². The van der Waals surface area contributed by atoms with Crippen LogP contribution in [-0.2, 0) is 10.2 Å². The summed E-state index contributed by atoms with van der Waals surface area (Å²) in [6, 6.07) is 0. The number of H-pyrrole nitrogens is 2. The Morgan fingerprint density at radius 1 is 1.67 bits per heavy atom. The first kappa shape index (κ1) is 8.92. The number of carboxylic acids is 1. The van der Waals surface area contributed by atoms with Crippen molar-refractivity contribution in [1.82, 2.24) is 15.4 Å². The van der Waals surface area contributed by atoms with Crippen LogP contribution in [0.2, 0.25) is 0 Å². The first-order chi connectivity index (χ1) is 5.46. The summed E-state index contributed by atoms with van der Waals surface area (Å²) in [6.45, 7) is 3.10. The van der Waals surface area contributed by atoms with Gasteiger partial charge in [-0.3, -0.25) is 9.89 Å². The van der Waals surface area contributed by atoms with Crippen LogP contribution in [0.15, 0.2) is 0 Å². The highest BCUT2D eigenvalue weighted by Crippen LogP contribution is 2.20. The Labute approximate surface area is 73.8 Å². The third-order valence-corrected chi connectivity index (χ3v) is 1.97. The molecule has 0 radical (unpaired) electrons. The van der Waals surface area contributed by atoms with Gasteiger partial charge in [0.05, 0.1) is 0 Å². The van der Waals surface area contributed by atoms with Crippen molar-refractivity contribution in [3.05, 3.63) is 10.3 Å². The van der Waals surface area contributed by atoms with E-state index in [9.17, 15) is 4.79 Å². The summed E-state index contributed by atoms with van der Waals surface area (Å²) in [5.41, 5.74) is -0.696. The van der Waals surface area contributed by atoms with Crippen LogP contribution in [0.25, 0.3) is 0 Å². The monoisotopic (exact) mass is 187 g/mol. The van der Waals surface area contributed by atoms with Gasteiger partial charge < -0.3 is 5.11 Å². The second-order valence-electron chi connectivity index (χ2n) is 2.96. The lowest BCUT2D eigenvalue weighted by Crippen LogP contribution is -2.29. The Morgan fingerprint density at radius 2 is 2.25 bits per heavy atom. The maximum absolute atomic E-state index is 10.8. The summed E-state index contributed by atoms with van der Waals surface area (Å²) in [7, 11) is 0. The molecule has 3 N–H and O–H groups in total. The highest BCUT2D eigenvalue weighted by molar-refractivity contribution is 7.71. The molecule has 1 aromatic heterocycles. The van der Waals surface area contributed by atoms with Crippen LogP contribution in [-0.4, -0.2) is 26.5 Å². The van der Waals surface area contributed by atoms with Crippen LogP contribution in [0, 0.1) is 4.64 Å². The van der Waals surface area contributed by atoms with Crippen molar-refractivity contribution in [3.63, 3.8) is 0 Å². The lowest BCUT2D eigenvalue weighted by atomic mass is 9.90. The van der Waals surface area contributed by atoms with Crippen molar-refractivity contribution in [2.45, 2.75) is 19.3 Å². The van der Waals surface area contributed by atoms with E-state index in [0.717, 1.165) is 0 Å². The average molecular weight is 187 g/mol. The Balaban J connectivity index is 3.23. The summed E-state index contributed by atoms with van der Waals surface area (Å²) in [5.74, 6) is -0.950. The van der Waals surface area contributed by atoms with E-state index >= 15 is 0 Å². The fourth-order valence-electron chi connectivity index (χ4n) is 0.769. The maximum atomic E-state index is 10.8. The molecule has 0 aromatic carbocycles. The number of aromatic nitrogens is 3. The second kappa shape index (κ2) is 2.71. The molecule has 1 aromatic rings. The van der Waals surface area contributed by atoms with Gasteiger partial charge in [-0.2, -0.15) is 5.10 Å². The van der Waals surface area contributed by atoms with E-state index in [1.54, 1.807) is 13.8 Å². The van der Waals surface area contributed by atoms with Crippen LogP contribution in [0.5, 0.6) is 0 Å². The zero-order chi connectivity index (χ0) is 9.35. The minimum absolute atomic E-state index is 0.336. The first-order valence-electron chi connectivity index (χ1n) is 3.33. The van der Waals surface area contributed by atoms with Crippen molar-refractivity contribution in [1.29, 1.82) is 0 Å². The van der Waals surface area contributed by atoms with Crippen LogP contribution in [0.4, 0.5) is 0 Å². The number of hydrogen-bond donors (Lipinski definition) is 3. The van der Waals surface area contributed by atoms with Crippen molar-refractivity contribution >= 4 is 18.2 Å². The number of nitrogens with one attached hydrogen (secondary N) is 2. The molecule has 0 aliphatic rings. The quantitative estimate of drug-likeness (QED) is 0.599. The molecule has 0 saturated carbocycles. The van der Waals surface area contributed by atoms with Crippen LogP contribution < -0.4 is 0 Å². The summed E-state index contributed by atoms with van der Waals surface area (Å²) < 4.78 is 0.336. The standard InChI is InChI=1S/C6H9N3O2S/c1-6(2,5(10)11)3-4(12)8-9-7-3/h1-2H3,(H,10,11)(H2,7,8,9,12). The van der Waals surface area contributed by atoms with E-state index in [0.29, 0.717) is 10.3 Å². The molecule has 1 rings (SSSR count). The molecular formula is C6H9N3O2S. The minimum Gasteiger partial charge on any atom is -0.481 e. The molecule has 0 spiro atoms. The average Bonchev–Trinajstić information content (AvgIpc) is 2.35. The zero-order valence-electron chi connectivity index (χ0n) is 6.71. The Morgan fingerprint density at radius 3 is 2.58 bits per heavy atom. The van der Waals surface area contributed by atoms with Crippen molar-refractivity contribution in [2.24, 2.45) is 0 Å². The third-order valence-electron chi connectivity index (χ3n) is 1.68. The SMILES string of the molecule is CC(C)(C(=O)O)c1n[nH][nH]c1=S. The van der Waals surface area contributed by atoms with Gasteiger partial charge in [-0.1, -0.05) is 12.2 Å². The fourth-order valence-corrected chi connectivity index (χ4v) is 1.12. The number of carbonyl (C=O) groups is 1. The van der Waals surface area contributed by atoms with E-state index in [1.807, 2.05) is 0 Å². The molecule has 6 heteroatoms. The number of aliphatic carboxylic acids is 1. The molecule has 0 unspecified atom stereocenters. The molecule has 66 valence electrons. The van der Waals surface area contributed by atoms with E-state index in [4.69, 9.17) is 17.3 Å². The molecule has 12 heavy (non-hydrogen) atoms. The molecule has 0 bridgehead atoms. The highest BCUT2D eigenvalue weighted by atomic mass is 32.1. The number of aromatic amines is 2. The largest absolute Gasteiger partial charge is 0.481 e. The highest BCUT2D eigenvalue weighted by Gasteiger charge is 2.33. The lowest BCUT2D eigenvalue weighted by molar-refractivity contribution is -0.142.